The van der Waals surface area contributed by atoms with Crippen molar-refractivity contribution in [3.05, 3.63) is 0 Å². The molecule has 0 aromatic heterocycles. The van der Waals surface area contributed by atoms with Crippen LogP contribution in [-0.4, -0.2) is 21.8 Å². The van der Waals surface area contributed by atoms with Gasteiger partial charge in [0.25, 0.3) is 0 Å². The van der Waals surface area contributed by atoms with E-state index in [0.29, 0.717) is 12.3 Å². The number of hydrogen-bond acceptors (Lipinski definition) is 2. The third-order valence-corrected chi connectivity index (χ3v) is 2.37. The molecule has 1 atom stereocenters. The van der Waals surface area contributed by atoms with Gasteiger partial charge in [0.15, 0.2) is 6.29 Å². The molecule has 0 fully saturated rings. The van der Waals surface area contributed by atoms with E-state index in [9.17, 15) is 0 Å². The molecule has 0 aliphatic rings. The summed E-state index contributed by atoms with van der Waals surface area (Å²) in [6.07, 6.45) is 1.50. The maximum absolute atomic E-state index is 8.62. The molecule has 0 aliphatic heterocycles. The summed E-state index contributed by atoms with van der Waals surface area (Å²) in [7, 11) is 0. The second kappa shape index (κ2) is 6.13. The minimum absolute atomic E-state index is 0.407. The zero-order chi connectivity index (χ0) is 7.98. The van der Waals surface area contributed by atoms with Gasteiger partial charge in [-0.1, -0.05) is 29.3 Å². The van der Waals surface area contributed by atoms with Crippen LogP contribution in [0.15, 0.2) is 0 Å². The maximum Gasteiger partial charge on any atom is 0.151 e. The van der Waals surface area contributed by atoms with Gasteiger partial charge in [-0.2, -0.15) is 0 Å². The Bertz CT molecular complexity index is 76.0. The summed E-state index contributed by atoms with van der Waals surface area (Å²) < 4.78 is 0. The average molecular weight is 211 g/mol. The Kier molecular flexibility index (Phi) is 6.38. The Labute approximate surface area is 70.4 Å². The number of aliphatic hydroxyl groups is 2. The van der Waals surface area contributed by atoms with Gasteiger partial charge in [0.2, 0.25) is 0 Å². The highest BCUT2D eigenvalue weighted by molar-refractivity contribution is 9.09. The third kappa shape index (κ3) is 5.21. The summed E-state index contributed by atoms with van der Waals surface area (Å²) in [5, 5.41) is 18.1. The molecule has 10 heavy (non-hydrogen) atoms. The van der Waals surface area contributed by atoms with Crippen molar-refractivity contribution in [1.29, 1.82) is 0 Å². The second-order valence-electron chi connectivity index (χ2n) is 2.53. The molecular weight excluding hydrogens is 196 g/mol. The minimum atomic E-state index is -1.14. The summed E-state index contributed by atoms with van der Waals surface area (Å²) in [5.41, 5.74) is 0. The van der Waals surface area contributed by atoms with Crippen molar-refractivity contribution in [3.8, 4) is 0 Å². The molecule has 3 heteroatoms. The summed E-state index contributed by atoms with van der Waals surface area (Å²) >= 11 is 3.32. The monoisotopic (exact) mass is 210 g/mol. The first-order chi connectivity index (χ1) is 4.70. The Balaban J connectivity index is 3.39. The van der Waals surface area contributed by atoms with E-state index in [2.05, 4.69) is 22.9 Å². The number of halogens is 1. The minimum Gasteiger partial charge on any atom is -0.368 e. The van der Waals surface area contributed by atoms with Gasteiger partial charge in [0.05, 0.1) is 0 Å². The lowest BCUT2D eigenvalue weighted by Crippen LogP contribution is -2.13. The Morgan fingerprint density at radius 1 is 1.40 bits per heavy atom. The molecule has 0 saturated heterocycles. The van der Waals surface area contributed by atoms with Gasteiger partial charge in [-0.3, -0.25) is 0 Å². The number of hydrogen-bond donors (Lipinski definition) is 2. The van der Waals surface area contributed by atoms with Crippen molar-refractivity contribution in [2.45, 2.75) is 32.5 Å². The van der Waals surface area contributed by atoms with E-state index in [1.165, 1.54) is 0 Å². The zero-order valence-corrected chi connectivity index (χ0v) is 7.84. The van der Waals surface area contributed by atoms with Crippen LogP contribution in [0.4, 0.5) is 0 Å². The standard InChI is InChI=1S/C7H15BrO2/c1-2-3-6(5-8)4-7(9)10/h6-7,9-10H,2-5H2,1H3/t6-/m1/s1. The highest BCUT2D eigenvalue weighted by Crippen LogP contribution is 2.14. The summed E-state index contributed by atoms with van der Waals surface area (Å²) in [5.74, 6) is 0.407. The first kappa shape index (κ1) is 10.4. The third-order valence-electron chi connectivity index (χ3n) is 1.46. The van der Waals surface area contributed by atoms with Crippen molar-refractivity contribution in [3.63, 3.8) is 0 Å². The molecule has 0 unspecified atom stereocenters. The molecule has 0 rings (SSSR count). The van der Waals surface area contributed by atoms with Crippen LogP contribution >= 0.6 is 15.9 Å². The average Bonchev–Trinajstić information content (AvgIpc) is 1.86. The molecule has 0 saturated carbocycles. The first-order valence-corrected chi connectivity index (χ1v) is 4.75. The van der Waals surface area contributed by atoms with Crippen LogP contribution in [0, 0.1) is 5.92 Å². The fourth-order valence-corrected chi connectivity index (χ4v) is 1.55. The molecule has 0 aromatic rings. The molecule has 62 valence electrons. The lowest BCUT2D eigenvalue weighted by Gasteiger charge is -2.13. The molecule has 0 aromatic carbocycles. The highest BCUT2D eigenvalue weighted by atomic mass is 79.9. The molecule has 0 spiro atoms. The van der Waals surface area contributed by atoms with Crippen molar-refractivity contribution in [1.82, 2.24) is 0 Å². The molecule has 2 N–H and O–H groups in total. The fraction of sp³-hybridized carbons (Fsp3) is 1.00. The fourth-order valence-electron chi connectivity index (χ4n) is 0.964. The van der Waals surface area contributed by atoms with Crippen LogP contribution in [0.25, 0.3) is 0 Å². The molecule has 2 nitrogen and oxygen atoms in total. The number of rotatable bonds is 5. The van der Waals surface area contributed by atoms with E-state index in [1.54, 1.807) is 0 Å². The van der Waals surface area contributed by atoms with Crippen LogP contribution in [0.3, 0.4) is 0 Å². The van der Waals surface area contributed by atoms with E-state index >= 15 is 0 Å². The van der Waals surface area contributed by atoms with Crippen molar-refractivity contribution in [2.24, 2.45) is 5.92 Å². The normalized spacial score (nSPS) is 14.1. The quantitative estimate of drug-likeness (QED) is 0.534. The van der Waals surface area contributed by atoms with Crippen LogP contribution in [-0.2, 0) is 0 Å². The SMILES string of the molecule is CCC[C@@H](CBr)CC(O)O. The van der Waals surface area contributed by atoms with Gasteiger partial charge in [-0.05, 0) is 12.3 Å². The van der Waals surface area contributed by atoms with Crippen LogP contribution < -0.4 is 0 Å². The highest BCUT2D eigenvalue weighted by Gasteiger charge is 2.09. The lowest BCUT2D eigenvalue weighted by atomic mass is 10.0. The van der Waals surface area contributed by atoms with Gasteiger partial charge in [-0.15, -0.1) is 0 Å². The summed E-state index contributed by atoms with van der Waals surface area (Å²) in [4.78, 5) is 0. The van der Waals surface area contributed by atoms with Gasteiger partial charge in [0.1, 0.15) is 0 Å². The van der Waals surface area contributed by atoms with Crippen LogP contribution in [0.5, 0.6) is 0 Å². The Morgan fingerprint density at radius 3 is 2.30 bits per heavy atom. The number of alkyl halides is 1. The first-order valence-electron chi connectivity index (χ1n) is 3.62. The summed E-state index contributed by atoms with van der Waals surface area (Å²) in [6.45, 7) is 2.10. The van der Waals surface area contributed by atoms with Gasteiger partial charge < -0.3 is 10.2 Å². The van der Waals surface area contributed by atoms with E-state index in [0.717, 1.165) is 18.2 Å². The Morgan fingerprint density at radius 2 is 2.00 bits per heavy atom. The predicted octanol–water partition coefficient (Wildman–Crippen LogP) is 1.50. The van der Waals surface area contributed by atoms with E-state index < -0.39 is 6.29 Å². The predicted molar refractivity (Wildman–Crippen MR) is 45.0 cm³/mol. The van der Waals surface area contributed by atoms with Crippen LogP contribution in [0.2, 0.25) is 0 Å². The number of aliphatic hydroxyl groups excluding tert-OH is 1. The topological polar surface area (TPSA) is 40.5 Å². The molecule has 0 heterocycles. The zero-order valence-electron chi connectivity index (χ0n) is 6.26. The molecular formula is C7H15BrO2. The van der Waals surface area contributed by atoms with E-state index in [-0.39, 0.29) is 0 Å². The summed E-state index contributed by atoms with van der Waals surface area (Å²) in [6, 6.07) is 0. The van der Waals surface area contributed by atoms with Gasteiger partial charge >= 0.3 is 0 Å². The molecule has 0 aliphatic carbocycles. The largest absolute Gasteiger partial charge is 0.368 e. The van der Waals surface area contributed by atoms with Gasteiger partial charge in [-0.25, -0.2) is 0 Å². The molecule has 0 amide bonds. The van der Waals surface area contributed by atoms with Crippen molar-refractivity contribution >= 4 is 15.9 Å². The maximum atomic E-state index is 8.62. The smallest absolute Gasteiger partial charge is 0.151 e. The molecule has 0 radical (unpaired) electrons. The van der Waals surface area contributed by atoms with E-state index in [1.807, 2.05) is 0 Å². The van der Waals surface area contributed by atoms with Crippen molar-refractivity contribution in [2.75, 3.05) is 5.33 Å². The lowest BCUT2D eigenvalue weighted by molar-refractivity contribution is -0.0545. The molecule has 0 bridgehead atoms. The van der Waals surface area contributed by atoms with Gasteiger partial charge in [0, 0.05) is 11.8 Å². The van der Waals surface area contributed by atoms with Crippen LogP contribution in [0.1, 0.15) is 26.2 Å². The Hall–Kier alpha value is 0.400. The van der Waals surface area contributed by atoms with E-state index in [4.69, 9.17) is 10.2 Å². The van der Waals surface area contributed by atoms with Crippen molar-refractivity contribution < 1.29 is 10.2 Å². The second-order valence-corrected chi connectivity index (χ2v) is 3.17.